The van der Waals surface area contributed by atoms with Crippen molar-refractivity contribution in [1.82, 2.24) is 9.97 Å². The highest BCUT2D eigenvalue weighted by molar-refractivity contribution is 7.98. The average Bonchev–Trinajstić information content (AvgIpc) is 2.47. The molecule has 6 heteroatoms. The van der Waals surface area contributed by atoms with Crippen LogP contribution in [0.3, 0.4) is 0 Å². The second-order valence-electron chi connectivity index (χ2n) is 4.16. The van der Waals surface area contributed by atoms with Crippen molar-refractivity contribution in [2.45, 2.75) is 18.5 Å². The second-order valence-corrected chi connectivity index (χ2v) is 4.93. The maximum Gasteiger partial charge on any atom is 0.191 e. The van der Waals surface area contributed by atoms with Crippen LogP contribution in [0.2, 0.25) is 0 Å². The molecule has 0 saturated carbocycles. The molecule has 1 aromatic heterocycles. The van der Waals surface area contributed by atoms with Crippen molar-refractivity contribution in [3.63, 3.8) is 0 Å². The first-order valence-corrected chi connectivity index (χ1v) is 7.64. The van der Waals surface area contributed by atoms with E-state index >= 15 is 0 Å². The van der Waals surface area contributed by atoms with Crippen molar-refractivity contribution in [2.75, 3.05) is 23.4 Å². The van der Waals surface area contributed by atoms with E-state index in [1.807, 2.05) is 6.26 Å². The standard InChI is InChI=1S/C14H17FN4S/c1-3-8-16-12-9-13(19-14(18-12)20-2)17-11-7-5-4-6-10(11)15/h4-7,9H,3,8H2,1-2H3,(H2,16,17,18,19). The minimum Gasteiger partial charge on any atom is -0.370 e. The lowest BCUT2D eigenvalue weighted by Crippen LogP contribution is -2.05. The molecule has 0 aliphatic rings. The third-order valence-electron chi connectivity index (χ3n) is 2.58. The molecule has 0 unspecified atom stereocenters. The third kappa shape index (κ3) is 3.84. The van der Waals surface area contributed by atoms with E-state index < -0.39 is 0 Å². The van der Waals surface area contributed by atoms with Gasteiger partial charge in [0.15, 0.2) is 5.16 Å². The van der Waals surface area contributed by atoms with Gasteiger partial charge < -0.3 is 10.6 Å². The van der Waals surface area contributed by atoms with Gasteiger partial charge in [-0.15, -0.1) is 0 Å². The summed E-state index contributed by atoms with van der Waals surface area (Å²) >= 11 is 1.45. The van der Waals surface area contributed by atoms with Gasteiger partial charge in [-0.2, -0.15) is 0 Å². The fourth-order valence-corrected chi connectivity index (χ4v) is 2.00. The minimum absolute atomic E-state index is 0.306. The second kappa shape index (κ2) is 7.09. The van der Waals surface area contributed by atoms with E-state index in [0.29, 0.717) is 16.7 Å². The first-order chi connectivity index (χ1) is 9.72. The number of hydrogen-bond donors (Lipinski definition) is 2. The van der Waals surface area contributed by atoms with Crippen molar-refractivity contribution in [3.05, 3.63) is 36.1 Å². The van der Waals surface area contributed by atoms with Gasteiger partial charge in [0.25, 0.3) is 0 Å². The van der Waals surface area contributed by atoms with Crippen LogP contribution in [0.25, 0.3) is 0 Å². The Hall–Kier alpha value is -1.82. The van der Waals surface area contributed by atoms with Crippen molar-refractivity contribution in [3.8, 4) is 0 Å². The molecule has 0 aliphatic heterocycles. The van der Waals surface area contributed by atoms with E-state index in [0.717, 1.165) is 18.8 Å². The van der Waals surface area contributed by atoms with Crippen LogP contribution in [0.5, 0.6) is 0 Å². The van der Waals surface area contributed by atoms with Gasteiger partial charge in [0.05, 0.1) is 5.69 Å². The summed E-state index contributed by atoms with van der Waals surface area (Å²) in [6, 6.07) is 8.30. The van der Waals surface area contributed by atoms with Crippen LogP contribution in [0.15, 0.2) is 35.5 Å². The Kier molecular flexibility index (Phi) is 5.17. The van der Waals surface area contributed by atoms with E-state index in [4.69, 9.17) is 0 Å². The van der Waals surface area contributed by atoms with Crippen LogP contribution in [0.1, 0.15) is 13.3 Å². The lowest BCUT2D eigenvalue weighted by molar-refractivity contribution is 0.631. The van der Waals surface area contributed by atoms with Crippen molar-refractivity contribution < 1.29 is 4.39 Å². The van der Waals surface area contributed by atoms with Crippen molar-refractivity contribution >= 4 is 29.1 Å². The molecule has 0 radical (unpaired) electrons. The van der Waals surface area contributed by atoms with Crippen molar-refractivity contribution in [2.24, 2.45) is 0 Å². The monoisotopic (exact) mass is 292 g/mol. The Morgan fingerprint density at radius 3 is 2.65 bits per heavy atom. The molecule has 0 aliphatic carbocycles. The first-order valence-electron chi connectivity index (χ1n) is 6.41. The number of halogens is 1. The molecule has 2 N–H and O–H groups in total. The van der Waals surface area contributed by atoms with E-state index in [1.54, 1.807) is 24.3 Å². The summed E-state index contributed by atoms with van der Waals surface area (Å²) in [6.07, 6.45) is 2.92. The molecule has 2 aromatic rings. The average molecular weight is 292 g/mol. The van der Waals surface area contributed by atoms with Gasteiger partial charge in [-0.1, -0.05) is 30.8 Å². The molecule has 4 nitrogen and oxygen atoms in total. The molecule has 0 saturated heterocycles. The first kappa shape index (κ1) is 14.6. The highest BCUT2D eigenvalue weighted by atomic mass is 32.2. The van der Waals surface area contributed by atoms with Gasteiger partial charge in [-0.3, -0.25) is 0 Å². The molecule has 0 atom stereocenters. The summed E-state index contributed by atoms with van der Waals surface area (Å²) in [5.74, 6) is 1.01. The maximum atomic E-state index is 13.6. The number of aromatic nitrogens is 2. The van der Waals surface area contributed by atoms with Crippen molar-refractivity contribution in [1.29, 1.82) is 0 Å². The summed E-state index contributed by atoms with van der Waals surface area (Å²) in [5.41, 5.74) is 0.402. The SMILES string of the molecule is CCCNc1cc(Nc2ccccc2F)nc(SC)n1. The maximum absolute atomic E-state index is 13.6. The molecule has 20 heavy (non-hydrogen) atoms. The number of hydrogen-bond acceptors (Lipinski definition) is 5. The summed E-state index contributed by atoms with van der Waals surface area (Å²) in [4.78, 5) is 8.69. The van der Waals surface area contributed by atoms with Crippen LogP contribution in [-0.2, 0) is 0 Å². The molecular weight excluding hydrogens is 275 g/mol. The predicted octanol–water partition coefficient (Wildman–Crippen LogP) is 3.90. The van der Waals surface area contributed by atoms with Crippen LogP contribution < -0.4 is 10.6 Å². The van der Waals surface area contributed by atoms with Crippen LogP contribution >= 0.6 is 11.8 Å². The highest BCUT2D eigenvalue weighted by Crippen LogP contribution is 2.22. The number of rotatable bonds is 6. The zero-order valence-corrected chi connectivity index (χ0v) is 12.3. The Labute approximate surface area is 122 Å². The van der Waals surface area contributed by atoms with Gasteiger partial charge in [-0.25, -0.2) is 14.4 Å². The fraction of sp³-hybridized carbons (Fsp3) is 0.286. The van der Waals surface area contributed by atoms with E-state index in [2.05, 4.69) is 27.5 Å². The molecule has 0 amide bonds. The number of thioether (sulfide) groups is 1. The van der Waals surface area contributed by atoms with E-state index in [-0.39, 0.29) is 5.82 Å². The zero-order valence-electron chi connectivity index (χ0n) is 11.5. The summed E-state index contributed by atoms with van der Waals surface area (Å²) in [6.45, 7) is 2.92. The summed E-state index contributed by atoms with van der Waals surface area (Å²) in [5, 5.41) is 6.84. The molecule has 1 heterocycles. The molecule has 2 rings (SSSR count). The normalized spacial score (nSPS) is 10.3. The molecule has 0 spiro atoms. The quantitative estimate of drug-likeness (QED) is 0.624. The number of benzene rings is 1. The lowest BCUT2D eigenvalue weighted by atomic mass is 10.3. The van der Waals surface area contributed by atoms with Crippen LogP contribution in [0, 0.1) is 5.82 Å². The molecular formula is C14H17FN4S. The predicted molar refractivity (Wildman–Crippen MR) is 82.3 cm³/mol. The largest absolute Gasteiger partial charge is 0.370 e. The van der Waals surface area contributed by atoms with Crippen LogP contribution in [-0.4, -0.2) is 22.8 Å². The van der Waals surface area contributed by atoms with Gasteiger partial charge in [-0.05, 0) is 24.8 Å². The summed E-state index contributed by atoms with van der Waals surface area (Å²) < 4.78 is 13.6. The number of anilines is 3. The van der Waals surface area contributed by atoms with E-state index in [9.17, 15) is 4.39 Å². The fourth-order valence-electron chi connectivity index (χ4n) is 1.62. The highest BCUT2D eigenvalue weighted by Gasteiger charge is 2.06. The Balaban J connectivity index is 2.24. The molecule has 0 bridgehead atoms. The molecule has 106 valence electrons. The third-order valence-corrected chi connectivity index (χ3v) is 3.13. The number of nitrogens with one attached hydrogen (secondary N) is 2. The Morgan fingerprint density at radius 2 is 1.95 bits per heavy atom. The van der Waals surface area contributed by atoms with Gasteiger partial charge in [0, 0.05) is 12.6 Å². The number of nitrogens with zero attached hydrogens (tertiary/aromatic N) is 2. The molecule has 0 fully saturated rings. The van der Waals surface area contributed by atoms with E-state index in [1.165, 1.54) is 17.8 Å². The number of para-hydroxylation sites is 1. The zero-order chi connectivity index (χ0) is 14.4. The smallest absolute Gasteiger partial charge is 0.191 e. The minimum atomic E-state index is -0.306. The van der Waals surface area contributed by atoms with Gasteiger partial charge in [0.1, 0.15) is 17.5 Å². The summed E-state index contributed by atoms with van der Waals surface area (Å²) in [7, 11) is 0. The van der Waals surface area contributed by atoms with Gasteiger partial charge >= 0.3 is 0 Å². The lowest BCUT2D eigenvalue weighted by Gasteiger charge is -2.10. The van der Waals surface area contributed by atoms with Gasteiger partial charge in [0.2, 0.25) is 0 Å². The van der Waals surface area contributed by atoms with Crippen LogP contribution in [0.4, 0.5) is 21.7 Å². The Bertz CT molecular complexity index is 577. The Morgan fingerprint density at radius 1 is 1.20 bits per heavy atom. The topological polar surface area (TPSA) is 49.8 Å². The molecule has 1 aromatic carbocycles.